The maximum absolute atomic E-state index is 6.27. The van der Waals surface area contributed by atoms with Crippen LogP contribution in [-0.4, -0.2) is 18.5 Å². The van der Waals surface area contributed by atoms with Gasteiger partial charge in [0.1, 0.15) is 0 Å². The number of hydrogen-bond donors (Lipinski definition) is 1. The first-order valence-corrected chi connectivity index (χ1v) is 7.15. The van der Waals surface area contributed by atoms with Gasteiger partial charge in [-0.3, -0.25) is 4.90 Å². The van der Waals surface area contributed by atoms with Gasteiger partial charge in [0.25, 0.3) is 0 Å². The van der Waals surface area contributed by atoms with Crippen molar-refractivity contribution in [2.45, 2.75) is 12.6 Å². The van der Waals surface area contributed by atoms with Gasteiger partial charge in [-0.1, -0.05) is 27.5 Å². The maximum Gasteiger partial charge on any atom is 0.0947 e. The number of likely N-dealkylation sites (N-methyl/N-ethyl adjacent to an activating group) is 1. The predicted octanol–water partition coefficient (Wildman–Crippen LogP) is 3.83. The van der Waals surface area contributed by atoms with Crippen LogP contribution in [-0.2, 0) is 6.54 Å². The highest BCUT2D eigenvalue weighted by atomic mass is 79.9. The van der Waals surface area contributed by atoms with E-state index in [0.717, 1.165) is 27.2 Å². The van der Waals surface area contributed by atoms with Gasteiger partial charge in [0.05, 0.1) is 12.5 Å². The summed E-state index contributed by atoms with van der Waals surface area (Å²) in [4.78, 5) is 2.17. The lowest BCUT2D eigenvalue weighted by Crippen LogP contribution is -2.30. The average molecular weight is 344 g/mol. The lowest BCUT2D eigenvalue weighted by Gasteiger charge is -2.27. The third kappa shape index (κ3) is 3.60. The standard InChI is InChI=1S/C14H16BrClN2O/c1-18(8-10-4-5-19-9-10)14(7-17)12-6-11(15)2-3-13(12)16/h2-6,9,14H,7-8,17H2,1H3. The summed E-state index contributed by atoms with van der Waals surface area (Å²) in [5.74, 6) is 0. The molecule has 0 aliphatic carbocycles. The zero-order chi connectivity index (χ0) is 13.8. The summed E-state index contributed by atoms with van der Waals surface area (Å²) in [6, 6.07) is 7.85. The number of nitrogens with two attached hydrogens (primary N) is 1. The summed E-state index contributed by atoms with van der Waals surface area (Å²) < 4.78 is 6.09. The Morgan fingerprint density at radius 3 is 2.84 bits per heavy atom. The van der Waals surface area contributed by atoms with Gasteiger partial charge < -0.3 is 10.2 Å². The minimum Gasteiger partial charge on any atom is -0.472 e. The summed E-state index contributed by atoms with van der Waals surface area (Å²) >= 11 is 9.74. The number of nitrogens with zero attached hydrogens (tertiary/aromatic N) is 1. The van der Waals surface area contributed by atoms with E-state index in [9.17, 15) is 0 Å². The van der Waals surface area contributed by atoms with Crippen molar-refractivity contribution in [2.24, 2.45) is 5.73 Å². The molecule has 0 saturated carbocycles. The summed E-state index contributed by atoms with van der Waals surface area (Å²) in [5, 5.41) is 0.734. The molecule has 19 heavy (non-hydrogen) atoms. The second-order valence-corrected chi connectivity index (χ2v) is 5.79. The molecule has 0 bridgehead atoms. The van der Waals surface area contributed by atoms with Crippen molar-refractivity contribution in [1.29, 1.82) is 0 Å². The summed E-state index contributed by atoms with van der Waals surface area (Å²) in [6.07, 6.45) is 3.42. The normalized spacial score (nSPS) is 12.9. The molecule has 0 fully saturated rings. The molecule has 0 aliphatic rings. The van der Waals surface area contributed by atoms with Crippen LogP contribution in [0, 0.1) is 0 Å². The van der Waals surface area contributed by atoms with Gasteiger partial charge in [-0.25, -0.2) is 0 Å². The highest BCUT2D eigenvalue weighted by Gasteiger charge is 2.19. The van der Waals surface area contributed by atoms with Crippen LogP contribution in [0.2, 0.25) is 5.02 Å². The fourth-order valence-corrected chi connectivity index (χ4v) is 2.72. The quantitative estimate of drug-likeness (QED) is 0.897. The lowest BCUT2D eigenvalue weighted by atomic mass is 10.1. The van der Waals surface area contributed by atoms with E-state index in [0.29, 0.717) is 6.54 Å². The molecule has 1 atom stereocenters. The Morgan fingerprint density at radius 1 is 1.42 bits per heavy atom. The molecule has 0 aliphatic heterocycles. The van der Waals surface area contributed by atoms with Crippen LogP contribution in [0.4, 0.5) is 0 Å². The van der Waals surface area contributed by atoms with Crippen LogP contribution in [0.1, 0.15) is 17.2 Å². The smallest absolute Gasteiger partial charge is 0.0947 e. The first kappa shape index (κ1) is 14.6. The highest BCUT2D eigenvalue weighted by Crippen LogP contribution is 2.29. The SMILES string of the molecule is CN(Cc1ccoc1)C(CN)c1cc(Br)ccc1Cl. The molecular formula is C14H16BrClN2O. The zero-order valence-electron chi connectivity index (χ0n) is 10.6. The maximum atomic E-state index is 6.27. The Morgan fingerprint density at radius 2 is 2.21 bits per heavy atom. The van der Waals surface area contributed by atoms with Crippen LogP contribution in [0.5, 0.6) is 0 Å². The molecule has 2 rings (SSSR count). The molecule has 0 spiro atoms. The Kier molecular flexibility index (Phi) is 5.05. The van der Waals surface area contributed by atoms with Gasteiger partial charge in [0, 0.05) is 34.2 Å². The Balaban J connectivity index is 2.21. The molecule has 0 amide bonds. The number of hydrogen-bond acceptors (Lipinski definition) is 3. The second kappa shape index (κ2) is 6.57. The van der Waals surface area contributed by atoms with E-state index in [4.69, 9.17) is 21.8 Å². The molecule has 1 aromatic heterocycles. The van der Waals surface area contributed by atoms with E-state index in [1.165, 1.54) is 0 Å². The van der Waals surface area contributed by atoms with E-state index in [2.05, 4.69) is 20.8 Å². The van der Waals surface area contributed by atoms with Crippen LogP contribution in [0.25, 0.3) is 0 Å². The van der Waals surface area contributed by atoms with E-state index >= 15 is 0 Å². The average Bonchev–Trinajstić information content (AvgIpc) is 2.87. The largest absolute Gasteiger partial charge is 0.472 e. The number of halogens is 2. The molecule has 1 heterocycles. The van der Waals surface area contributed by atoms with E-state index in [-0.39, 0.29) is 6.04 Å². The van der Waals surface area contributed by atoms with Crippen molar-refractivity contribution in [3.63, 3.8) is 0 Å². The minimum absolute atomic E-state index is 0.0694. The second-order valence-electron chi connectivity index (χ2n) is 4.46. The van der Waals surface area contributed by atoms with Gasteiger partial charge in [-0.2, -0.15) is 0 Å². The molecule has 5 heteroatoms. The summed E-state index contributed by atoms with van der Waals surface area (Å²) in [7, 11) is 2.03. The predicted molar refractivity (Wildman–Crippen MR) is 81.1 cm³/mol. The zero-order valence-corrected chi connectivity index (χ0v) is 13.0. The van der Waals surface area contributed by atoms with Gasteiger partial charge in [-0.15, -0.1) is 0 Å². The molecule has 0 radical (unpaired) electrons. The summed E-state index contributed by atoms with van der Waals surface area (Å²) in [6.45, 7) is 1.27. The topological polar surface area (TPSA) is 42.4 Å². The molecule has 2 aromatic rings. The van der Waals surface area contributed by atoms with Crippen molar-refractivity contribution < 1.29 is 4.42 Å². The van der Waals surface area contributed by atoms with Crippen molar-refractivity contribution in [1.82, 2.24) is 4.90 Å². The molecule has 0 saturated heterocycles. The molecule has 3 nitrogen and oxygen atoms in total. The van der Waals surface area contributed by atoms with Gasteiger partial charge in [-0.05, 0) is 36.9 Å². The Hall–Kier alpha value is -0.810. The van der Waals surface area contributed by atoms with E-state index < -0.39 is 0 Å². The third-order valence-electron chi connectivity index (χ3n) is 3.08. The van der Waals surface area contributed by atoms with Crippen molar-refractivity contribution in [3.8, 4) is 0 Å². The third-order valence-corrected chi connectivity index (χ3v) is 3.92. The van der Waals surface area contributed by atoms with Crippen LogP contribution in [0.15, 0.2) is 45.7 Å². The fraction of sp³-hybridized carbons (Fsp3) is 0.286. The van der Waals surface area contributed by atoms with E-state index in [1.807, 2.05) is 31.3 Å². The van der Waals surface area contributed by atoms with E-state index in [1.54, 1.807) is 12.5 Å². The van der Waals surface area contributed by atoms with Crippen LogP contribution in [0.3, 0.4) is 0 Å². The van der Waals surface area contributed by atoms with Crippen LogP contribution < -0.4 is 5.73 Å². The Bertz CT molecular complexity index is 530. The number of furan rings is 1. The monoisotopic (exact) mass is 342 g/mol. The molecule has 1 aromatic carbocycles. The minimum atomic E-state index is 0.0694. The van der Waals surface area contributed by atoms with Crippen molar-refractivity contribution in [3.05, 3.63) is 57.4 Å². The fourth-order valence-electron chi connectivity index (χ4n) is 2.10. The van der Waals surface area contributed by atoms with Crippen LogP contribution >= 0.6 is 27.5 Å². The first-order valence-electron chi connectivity index (χ1n) is 5.98. The van der Waals surface area contributed by atoms with Crippen molar-refractivity contribution >= 4 is 27.5 Å². The molecule has 102 valence electrons. The summed E-state index contributed by atoms with van der Waals surface area (Å²) in [5.41, 5.74) is 8.06. The molecule has 1 unspecified atom stereocenters. The van der Waals surface area contributed by atoms with Gasteiger partial charge >= 0.3 is 0 Å². The molecular weight excluding hydrogens is 328 g/mol. The number of rotatable bonds is 5. The van der Waals surface area contributed by atoms with Gasteiger partial charge in [0.15, 0.2) is 0 Å². The number of benzene rings is 1. The Labute approximate surface area is 126 Å². The van der Waals surface area contributed by atoms with Gasteiger partial charge in [0.2, 0.25) is 0 Å². The lowest BCUT2D eigenvalue weighted by molar-refractivity contribution is 0.241. The molecule has 2 N–H and O–H groups in total. The first-order chi connectivity index (χ1) is 9.11. The highest BCUT2D eigenvalue weighted by molar-refractivity contribution is 9.10. The van der Waals surface area contributed by atoms with Crippen molar-refractivity contribution in [2.75, 3.05) is 13.6 Å².